The van der Waals surface area contributed by atoms with Gasteiger partial charge in [-0.05, 0) is 35.6 Å². The molecule has 0 saturated carbocycles. The van der Waals surface area contributed by atoms with Crippen molar-refractivity contribution in [2.24, 2.45) is 0 Å². The quantitative estimate of drug-likeness (QED) is 0.859. The van der Waals surface area contributed by atoms with E-state index in [4.69, 9.17) is 9.84 Å². The Balaban J connectivity index is 1.86. The average molecular weight is 305 g/mol. The van der Waals surface area contributed by atoms with Crippen LogP contribution in [0, 0.1) is 0 Å². The second kappa shape index (κ2) is 6.90. The molecule has 0 aliphatic carbocycles. The zero-order valence-corrected chi connectivity index (χ0v) is 12.3. The molecule has 0 fully saturated rings. The van der Waals surface area contributed by atoms with E-state index >= 15 is 0 Å². The summed E-state index contributed by atoms with van der Waals surface area (Å²) in [5.74, 6) is -0.535. The van der Waals surface area contributed by atoms with Crippen LogP contribution in [0.5, 0.6) is 5.75 Å². The van der Waals surface area contributed by atoms with Crippen LogP contribution in [-0.4, -0.2) is 30.6 Å². The molecular formula is C15H15NO4S. The van der Waals surface area contributed by atoms with Crippen molar-refractivity contribution in [3.63, 3.8) is 0 Å². The molecule has 0 bridgehead atoms. The summed E-state index contributed by atoms with van der Waals surface area (Å²) < 4.78 is 5.10. The molecule has 110 valence electrons. The first-order valence-electron chi connectivity index (χ1n) is 6.33. The zero-order valence-electron chi connectivity index (χ0n) is 11.5. The van der Waals surface area contributed by atoms with E-state index in [-0.39, 0.29) is 11.5 Å². The Morgan fingerprint density at radius 2 is 1.95 bits per heavy atom. The summed E-state index contributed by atoms with van der Waals surface area (Å²) in [7, 11) is 1.53. The molecule has 2 rings (SSSR count). The standard InChI is InChI=1S/C15H15NO4S/c1-20-12-7-9-21-13(12)14(17)16-8-6-10-2-4-11(5-3-10)15(18)19/h2-5,7,9H,6,8H2,1H3,(H,16,17)(H,18,19). The Hall–Kier alpha value is -2.34. The normalized spacial score (nSPS) is 10.1. The number of carbonyl (C=O) groups excluding carboxylic acids is 1. The highest BCUT2D eigenvalue weighted by Crippen LogP contribution is 2.23. The molecule has 0 aliphatic heterocycles. The Kier molecular flexibility index (Phi) is 4.94. The Morgan fingerprint density at radius 3 is 2.57 bits per heavy atom. The summed E-state index contributed by atoms with van der Waals surface area (Å²) in [6.45, 7) is 0.478. The second-order valence-electron chi connectivity index (χ2n) is 4.33. The largest absolute Gasteiger partial charge is 0.495 e. The molecule has 0 atom stereocenters. The Bertz CT molecular complexity index is 633. The number of benzene rings is 1. The van der Waals surface area contributed by atoms with Gasteiger partial charge in [0.25, 0.3) is 5.91 Å². The number of carbonyl (C=O) groups is 2. The van der Waals surface area contributed by atoms with E-state index in [1.807, 2.05) is 0 Å². The maximum Gasteiger partial charge on any atom is 0.335 e. The summed E-state index contributed by atoms with van der Waals surface area (Å²) in [6, 6.07) is 8.37. The van der Waals surface area contributed by atoms with Gasteiger partial charge < -0.3 is 15.2 Å². The van der Waals surface area contributed by atoms with Gasteiger partial charge in [-0.15, -0.1) is 11.3 Å². The van der Waals surface area contributed by atoms with Crippen molar-refractivity contribution in [2.75, 3.05) is 13.7 Å². The highest BCUT2D eigenvalue weighted by Gasteiger charge is 2.13. The van der Waals surface area contributed by atoms with E-state index in [0.717, 1.165) is 5.56 Å². The first-order valence-corrected chi connectivity index (χ1v) is 7.21. The van der Waals surface area contributed by atoms with Gasteiger partial charge >= 0.3 is 5.97 Å². The highest BCUT2D eigenvalue weighted by molar-refractivity contribution is 7.12. The molecule has 1 amide bonds. The lowest BCUT2D eigenvalue weighted by atomic mass is 10.1. The van der Waals surface area contributed by atoms with Crippen molar-refractivity contribution in [2.45, 2.75) is 6.42 Å². The summed E-state index contributed by atoms with van der Waals surface area (Å²) in [5.41, 5.74) is 1.23. The van der Waals surface area contributed by atoms with Crippen molar-refractivity contribution in [1.82, 2.24) is 5.32 Å². The summed E-state index contributed by atoms with van der Waals surface area (Å²) in [5, 5.41) is 13.4. The van der Waals surface area contributed by atoms with Gasteiger partial charge in [-0.3, -0.25) is 4.79 Å². The van der Waals surface area contributed by atoms with Gasteiger partial charge in [-0.1, -0.05) is 12.1 Å². The molecule has 6 heteroatoms. The van der Waals surface area contributed by atoms with E-state index in [1.165, 1.54) is 18.4 Å². The number of thiophene rings is 1. The number of rotatable bonds is 6. The molecular weight excluding hydrogens is 290 g/mol. The fourth-order valence-electron chi connectivity index (χ4n) is 1.84. The number of nitrogens with one attached hydrogen (secondary N) is 1. The topological polar surface area (TPSA) is 75.6 Å². The molecule has 5 nitrogen and oxygen atoms in total. The number of hydrogen-bond acceptors (Lipinski definition) is 4. The lowest BCUT2D eigenvalue weighted by Gasteiger charge is -2.06. The predicted molar refractivity (Wildman–Crippen MR) is 80.3 cm³/mol. The van der Waals surface area contributed by atoms with Crippen LogP contribution in [0.1, 0.15) is 25.6 Å². The van der Waals surface area contributed by atoms with Crippen LogP contribution in [0.3, 0.4) is 0 Å². The minimum atomic E-state index is -0.945. The first-order chi connectivity index (χ1) is 10.1. The molecule has 2 N–H and O–H groups in total. The maximum absolute atomic E-state index is 12.0. The zero-order chi connectivity index (χ0) is 15.2. The number of carboxylic acids is 1. The molecule has 2 aromatic rings. The van der Waals surface area contributed by atoms with Gasteiger partial charge in [0.05, 0.1) is 12.7 Å². The molecule has 0 saturated heterocycles. The van der Waals surface area contributed by atoms with Crippen LogP contribution < -0.4 is 10.1 Å². The molecule has 21 heavy (non-hydrogen) atoms. The lowest BCUT2D eigenvalue weighted by molar-refractivity contribution is 0.0696. The van der Waals surface area contributed by atoms with Crippen LogP contribution in [0.25, 0.3) is 0 Å². The third-order valence-corrected chi connectivity index (χ3v) is 3.85. The summed E-state index contributed by atoms with van der Waals surface area (Å²) in [4.78, 5) is 23.3. The highest BCUT2D eigenvalue weighted by atomic mass is 32.1. The average Bonchev–Trinajstić information content (AvgIpc) is 2.96. The number of hydrogen-bond donors (Lipinski definition) is 2. The van der Waals surface area contributed by atoms with Gasteiger partial charge in [0.2, 0.25) is 0 Å². The minimum Gasteiger partial charge on any atom is -0.495 e. The number of ether oxygens (including phenoxy) is 1. The van der Waals surface area contributed by atoms with Crippen molar-refractivity contribution >= 4 is 23.2 Å². The number of aromatic carboxylic acids is 1. The SMILES string of the molecule is COc1ccsc1C(=O)NCCc1ccc(C(=O)O)cc1. The molecule has 0 radical (unpaired) electrons. The Morgan fingerprint density at radius 1 is 1.24 bits per heavy atom. The van der Waals surface area contributed by atoms with Crippen LogP contribution >= 0.6 is 11.3 Å². The summed E-state index contributed by atoms with van der Waals surface area (Å²) >= 11 is 1.33. The van der Waals surface area contributed by atoms with E-state index in [2.05, 4.69) is 5.32 Å². The third kappa shape index (κ3) is 3.82. The van der Waals surface area contributed by atoms with Crippen LogP contribution in [-0.2, 0) is 6.42 Å². The molecule has 0 spiro atoms. The van der Waals surface area contributed by atoms with Gasteiger partial charge in [-0.2, -0.15) is 0 Å². The summed E-state index contributed by atoms with van der Waals surface area (Å²) in [6.07, 6.45) is 0.638. The Labute approximate surface area is 126 Å². The first kappa shape index (κ1) is 15.1. The lowest BCUT2D eigenvalue weighted by Crippen LogP contribution is -2.25. The molecule has 0 unspecified atom stereocenters. The fourth-order valence-corrected chi connectivity index (χ4v) is 2.61. The van der Waals surface area contributed by atoms with Crippen molar-refractivity contribution < 1.29 is 19.4 Å². The van der Waals surface area contributed by atoms with Crippen molar-refractivity contribution in [3.8, 4) is 5.75 Å². The number of carboxylic acid groups (broad SMARTS) is 1. The molecule has 1 aromatic carbocycles. The minimum absolute atomic E-state index is 0.163. The van der Waals surface area contributed by atoms with Crippen LogP contribution in [0.15, 0.2) is 35.7 Å². The monoisotopic (exact) mass is 305 g/mol. The van der Waals surface area contributed by atoms with E-state index in [9.17, 15) is 9.59 Å². The van der Waals surface area contributed by atoms with Crippen molar-refractivity contribution in [1.29, 1.82) is 0 Å². The van der Waals surface area contributed by atoms with Crippen LogP contribution in [0.2, 0.25) is 0 Å². The smallest absolute Gasteiger partial charge is 0.335 e. The number of amides is 1. The third-order valence-electron chi connectivity index (χ3n) is 2.96. The predicted octanol–water partition coefficient (Wildman–Crippen LogP) is 2.43. The van der Waals surface area contributed by atoms with E-state index < -0.39 is 5.97 Å². The number of methoxy groups -OCH3 is 1. The van der Waals surface area contributed by atoms with Crippen LogP contribution in [0.4, 0.5) is 0 Å². The van der Waals surface area contributed by atoms with E-state index in [1.54, 1.807) is 35.7 Å². The molecule has 1 heterocycles. The van der Waals surface area contributed by atoms with Gasteiger partial charge in [0, 0.05) is 6.54 Å². The second-order valence-corrected chi connectivity index (χ2v) is 5.24. The van der Waals surface area contributed by atoms with E-state index in [0.29, 0.717) is 23.6 Å². The van der Waals surface area contributed by atoms with Gasteiger partial charge in [-0.25, -0.2) is 4.79 Å². The van der Waals surface area contributed by atoms with Gasteiger partial charge in [0.15, 0.2) is 0 Å². The molecule has 1 aromatic heterocycles. The fraction of sp³-hybridized carbons (Fsp3) is 0.200. The van der Waals surface area contributed by atoms with Gasteiger partial charge in [0.1, 0.15) is 10.6 Å². The van der Waals surface area contributed by atoms with Crippen molar-refractivity contribution in [3.05, 3.63) is 51.7 Å². The molecule has 0 aliphatic rings. The maximum atomic E-state index is 12.0.